The summed E-state index contributed by atoms with van der Waals surface area (Å²) < 4.78 is 30.0. The molecular weight excluding hydrogens is 732 g/mol. The highest BCUT2D eigenvalue weighted by atomic mass is 16.8. The number of amides is 2. The Hall–Kier alpha value is -5.34. The van der Waals surface area contributed by atoms with Gasteiger partial charge in [-0.1, -0.05) is 54.6 Å². The zero-order chi connectivity index (χ0) is 40.6. The summed E-state index contributed by atoms with van der Waals surface area (Å²) in [7, 11) is 0. The van der Waals surface area contributed by atoms with Gasteiger partial charge >= 0.3 is 11.9 Å². The largest absolute Gasteiger partial charge is 0.499 e. The molecule has 3 aliphatic rings. The lowest BCUT2D eigenvalue weighted by molar-refractivity contribution is -0.172. The van der Waals surface area contributed by atoms with E-state index in [1.807, 2.05) is 24.3 Å². The Morgan fingerprint density at radius 2 is 1.68 bits per heavy atom. The Kier molecular flexibility index (Phi) is 13.2. The summed E-state index contributed by atoms with van der Waals surface area (Å²) in [5, 5.41) is 24.6. The summed E-state index contributed by atoms with van der Waals surface area (Å²) in [6.45, 7) is 5.00. The number of esters is 2. The van der Waals surface area contributed by atoms with E-state index in [1.54, 1.807) is 81.5 Å². The van der Waals surface area contributed by atoms with E-state index >= 15 is 0 Å². The van der Waals surface area contributed by atoms with Gasteiger partial charge in [-0.15, -0.1) is 0 Å². The second kappa shape index (κ2) is 18.3. The average molecular weight is 783 g/mol. The van der Waals surface area contributed by atoms with E-state index in [4.69, 9.17) is 28.8 Å². The molecule has 57 heavy (non-hydrogen) atoms. The first kappa shape index (κ1) is 41.3. The third-order valence-electron chi connectivity index (χ3n) is 9.81. The zero-order valence-corrected chi connectivity index (χ0v) is 32.4. The van der Waals surface area contributed by atoms with Crippen LogP contribution in [0.4, 0.5) is 0 Å². The number of aliphatic hydroxyl groups excluding tert-OH is 2. The SMILES string of the molecule is CC(C)(C)OC(=O)CC[C@@H](CO)NC(=O)c1cccc(CNC(=O)C2=C[C@H]3OC4(Cc5ccccc5C4)O[C@H]3[C@H](OC(=O)c3ccccc3C=COCCO)C2)c1. The van der Waals surface area contributed by atoms with Gasteiger partial charge in [0.1, 0.15) is 30.5 Å². The summed E-state index contributed by atoms with van der Waals surface area (Å²) in [6, 6.07) is 21.0. The van der Waals surface area contributed by atoms with Gasteiger partial charge in [0.15, 0.2) is 5.79 Å². The van der Waals surface area contributed by atoms with E-state index in [9.17, 15) is 24.3 Å². The Labute approximate surface area is 332 Å². The molecule has 0 radical (unpaired) electrons. The Morgan fingerprint density at radius 1 is 0.947 bits per heavy atom. The second-order valence-electron chi connectivity index (χ2n) is 15.4. The van der Waals surface area contributed by atoms with Gasteiger partial charge in [-0.05, 0) is 79.8 Å². The van der Waals surface area contributed by atoms with Gasteiger partial charge in [0.05, 0.1) is 31.1 Å². The van der Waals surface area contributed by atoms with Crippen LogP contribution in [0.2, 0.25) is 0 Å². The van der Waals surface area contributed by atoms with Crippen LogP contribution in [0.3, 0.4) is 0 Å². The number of aliphatic hydroxyl groups is 2. The highest BCUT2D eigenvalue weighted by Crippen LogP contribution is 2.45. The first-order valence-corrected chi connectivity index (χ1v) is 19.2. The van der Waals surface area contributed by atoms with Crippen LogP contribution >= 0.6 is 0 Å². The molecule has 4 atom stereocenters. The number of carbonyl (C=O) groups excluding carboxylic acids is 4. The van der Waals surface area contributed by atoms with Crippen LogP contribution in [-0.2, 0) is 52.7 Å². The third kappa shape index (κ3) is 10.7. The fourth-order valence-corrected chi connectivity index (χ4v) is 7.21. The molecule has 2 aliphatic carbocycles. The maximum Gasteiger partial charge on any atom is 0.339 e. The molecule has 0 saturated carbocycles. The first-order chi connectivity index (χ1) is 27.3. The zero-order valence-electron chi connectivity index (χ0n) is 32.4. The van der Waals surface area contributed by atoms with Gasteiger partial charge in [0, 0.05) is 43.4 Å². The van der Waals surface area contributed by atoms with E-state index in [0.717, 1.165) is 11.1 Å². The molecule has 1 saturated heterocycles. The van der Waals surface area contributed by atoms with Crippen LogP contribution in [0.25, 0.3) is 6.08 Å². The van der Waals surface area contributed by atoms with E-state index in [-0.39, 0.29) is 51.2 Å². The van der Waals surface area contributed by atoms with E-state index in [2.05, 4.69) is 10.6 Å². The van der Waals surface area contributed by atoms with Gasteiger partial charge in [-0.2, -0.15) is 0 Å². The van der Waals surface area contributed by atoms with E-state index in [1.165, 1.54) is 6.26 Å². The summed E-state index contributed by atoms with van der Waals surface area (Å²) >= 11 is 0. The van der Waals surface area contributed by atoms with Crippen molar-refractivity contribution in [1.82, 2.24) is 10.6 Å². The number of benzene rings is 3. The molecule has 1 heterocycles. The predicted octanol–water partition coefficient (Wildman–Crippen LogP) is 4.33. The van der Waals surface area contributed by atoms with Crippen molar-refractivity contribution in [3.63, 3.8) is 0 Å². The van der Waals surface area contributed by atoms with E-state index in [0.29, 0.717) is 35.1 Å². The van der Waals surface area contributed by atoms with Gasteiger partial charge < -0.3 is 44.5 Å². The van der Waals surface area contributed by atoms with Gasteiger partial charge in [0.2, 0.25) is 5.91 Å². The molecule has 4 N–H and O–H groups in total. The molecule has 1 aliphatic heterocycles. The molecule has 0 unspecified atom stereocenters. The number of rotatable bonds is 15. The highest BCUT2D eigenvalue weighted by molar-refractivity contribution is 5.96. The molecule has 1 fully saturated rings. The summed E-state index contributed by atoms with van der Waals surface area (Å²) in [5.74, 6) is -2.83. The highest BCUT2D eigenvalue weighted by Gasteiger charge is 2.55. The number of fused-ring (bicyclic) bond motifs is 2. The molecule has 302 valence electrons. The Morgan fingerprint density at radius 3 is 2.40 bits per heavy atom. The molecule has 3 aromatic rings. The maximum absolute atomic E-state index is 13.8. The van der Waals surface area contributed by atoms with Crippen LogP contribution in [-0.4, -0.2) is 89.5 Å². The lowest BCUT2D eigenvalue weighted by atomic mass is 9.91. The van der Waals surface area contributed by atoms with Crippen molar-refractivity contribution >= 4 is 29.8 Å². The van der Waals surface area contributed by atoms with Crippen LogP contribution in [0.5, 0.6) is 0 Å². The monoisotopic (exact) mass is 782 g/mol. The Bertz CT molecular complexity index is 1980. The molecule has 0 aromatic heterocycles. The second-order valence-corrected chi connectivity index (χ2v) is 15.4. The van der Waals surface area contributed by atoms with Crippen molar-refractivity contribution in [2.24, 2.45) is 0 Å². The fraction of sp³-hybridized carbons (Fsp3) is 0.409. The van der Waals surface area contributed by atoms with Crippen LogP contribution in [0.1, 0.15) is 83.0 Å². The lowest BCUT2D eigenvalue weighted by Gasteiger charge is -2.30. The van der Waals surface area contributed by atoms with Crippen molar-refractivity contribution in [2.45, 2.75) is 95.2 Å². The fourth-order valence-electron chi connectivity index (χ4n) is 7.21. The van der Waals surface area contributed by atoms with Crippen LogP contribution in [0, 0.1) is 0 Å². The van der Waals surface area contributed by atoms with Crippen LogP contribution < -0.4 is 10.6 Å². The summed E-state index contributed by atoms with van der Waals surface area (Å²) in [5.41, 5.74) is 3.76. The minimum atomic E-state index is -0.970. The van der Waals surface area contributed by atoms with Gasteiger partial charge in [-0.25, -0.2) is 4.79 Å². The smallest absolute Gasteiger partial charge is 0.339 e. The predicted molar refractivity (Wildman–Crippen MR) is 208 cm³/mol. The normalized spacial score (nSPS) is 19.9. The number of carbonyl (C=O) groups is 4. The first-order valence-electron chi connectivity index (χ1n) is 19.2. The molecule has 2 amide bonds. The third-order valence-corrected chi connectivity index (χ3v) is 9.81. The molecule has 0 bridgehead atoms. The number of nitrogens with one attached hydrogen (secondary N) is 2. The molecule has 3 aromatic carbocycles. The standard InChI is InChI=1S/C44H50N2O11/c1-43(2,3)56-38(49)16-15-34(27-48)46-41(51)30-13-8-9-28(21-30)26-45-40(50)33-22-36(54-42(52)35-14-7-6-10-29(35)17-19-53-20-18-47)39-37(23-33)55-44(57-39)24-31-11-4-5-12-32(31)25-44/h4-14,17,19,21,23,34,36-37,39,47-48H,15-16,18,20,22,24-27H2,1-3H3,(H,45,50)(H,46,51)/t34-,36+,37+,39-/m0/s1. The topological polar surface area (TPSA) is 179 Å². The number of hydrogen-bond donors (Lipinski definition) is 4. The van der Waals surface area contributed by atoms with Crippen molar-refractivity contribution in [3.8, 4) is 0 Å². The molecular formula is C44H50N2O11. The molecule has 1 spiro atoms. The minimum absolute atomic E-state index is 0.0321. The van der Waals surface area contributed by atoms with Crippen molar-refractivity contribution < 1.29 is 53.1 Å². The van der Waals surface area contributed by atoms with Crippen molar-refractivity contribution in [1.29, 1.82) is 0 Å². The van der Waals surface area contributed by atoms with Gasteiger partial charge in [-0.3, -0.25) is 14.4 Å². The number of hydrogen-bond acceptors (Lipinski definition) is 11. The van der Waals surface area contributed by atoms with E-state index < -0.39 is 59.5 Å². The average Bonchev–Trinajstić information content (AvgIpc) is 3.74. The lowest BCUT2D eigenvalue weighted by Crippen LogP contribution is -2.43. The quantitative estimate of drug-likeness (QED) is 0.0980. The molecule has 13 heteroatoms. The number of ether oxygens (including phenoxy) is 5. The summed E-state index contributed by atoms with van der Waals surface area (Å²) in [4.78, 5) is 52.8. The minimum Gasteiger partial charge on any atom is -0.499 e. The van der Waals surface area contributed by atoms with Crippen molar-refractivity contribution in [2.75, 3.05) is 19.8 Å². The van der Waals surface area contributed by atoms with Crippen molar-refractivity contribution in [3.05, 3.63) is 124 Å². The van der Waals surface area contributed by atoms with Crippen LogP contribution in [0.15, 0.2) is 90.7 Å². The maximum atomic E-state index is 13.8. The molecule has 13 nitrogen and oxygen atoms in total. The molecule has 6 rings (SSSR count). The van der Waals surface area contributed by atoms with Gasteiger partial charge in [0.25, 0.3) is 5.91 Å². The Balaban J connectivity index is 1.13. The summed E-state index contributed by atoms with van der Waals surface area (Å²) in [6.07, 6.45) is 3.89.